The minimum Gasteiger partial charge on any atom is -0.352 e. The number of hydrogen-bond acceptors (Lipinski definition) is 3. The summed E-state index contributed by atoms with van der Waals surface area (Å²) < 4.78 is 23.7. The minimum absolute atomic E-state index is 0.146. The van der Waals surface area contributed by atoms with E-state index in [4.69, 9.17) is 0 Å². The quantitative estimate of drug-likeness (QED) is 0.633. The van der Waals surface area contributed by atoms with Crippen LogP contribution in [0, 0.1) is 5.82 Å². The van der Waals surface area contributed by atoms with E-state index in [0.717, 1.165) is 0 Å². The number of thiol groups is 1. The summed E-state index contributed by atoms with van der Waals surface area (Å²) in [5.41, 5.74) is 0.369. The standard InChI is InChI=1S/C11H14FNO2S2/c1-17(15)6-2-5-13-11(14)8-3-4-9(12)10(16)7-8/h3-4,7,16H,2,5-6H2,1H3,(H,13,14). The Morgan fingerprint density at radius 3 is 2.82 bits per heavy atom. The highest BCUT2D eigenvalue weighted by molar-refractivity contribution is 7.84. The van der Waals surface area contributed by atoms with Crippen molar-refractivity contribution < 1.29 is 13.4 Å². The van der Waals surface area contributed by atoms with Crippen LogP contribution in [0.4, 0.5) is 4.39 Å². The molecule has 0 spiro atoms. The maximum Gasteiger partial charge on any atom is 0.251 e. The van der Waals surface area contributed by atoms with Crippen molar-refractivity contribution in [1.29, 1.82) is 0 Å². The van der Waals surface area contributed by atoms with Gasteiger partial charge in [0.05, 0.1) is 0 Å². The average Bonchev–Trinajstić information content (AvgIpc) is 2.27. The molecule has 3 nitrogen and oxygen atoms in total. The van der Waals surface area contributed by atoms with Crippen molar-refractivity contribution in [2.24, 2.45) is 0 Å². The SMILES string of the molecule is CS(=O)CCCNC(=O)c1ccc(F)c(S)c1. The molecule has 0 saturated heterocycles. The lowest BCUT2D eigenvalue weighted by Gasteiger charge is -2.05. The van der Waals surface area contributed by atoms with Crippen molar-refractivity contribution >= 4 is 29.3 Å². The molecule has 0 aromatic heterocycles. The van der Waals surface area contributed by atoms with Gasteiger partial charge in [-0.3, -0.25) is 9.00 Å². The Morgan fingerprint density at radius 1 is 1.53 bits per heavy atom. The first-order valence-corrected chi connectivity index (χ1v) is 7.25. The van der Waals surface area contributed by atoms with Crippen LogP contribution in [0.5, 0.6) is 0 Å². The molecule has 0 bridgehead atoms. The predicted molar refractivity (Wildman–Crippen MR) is 69.5 cm³/mol. The molecule has 1 aromatic carbocycles. The first-order chi connectivity index (χ1) is 8.00. The third kappa shape index (κ3) is 4.87. The number of hydrogen-bond donors (Lipinski definition) is 2. The molecule has 0 radical (unpaired) electrons. The molecule has 0 aliphatic carbocycles. The summed E-state index contributed by atoms with van der Waals surface area (Å²) in [5.74, 6) is -0.171. The Morgan fingerprint density at radius 2 is 2.24 bits per heavy atom. The maximum atomic E-state index is 12.9. The van der Waals surface area contributed by atoms with Crippen molar-refractivity contribution in [3.63, 3.8) is 0 Å². The van der Waals surface area contributed by atoms with Gasteiger partial charge in [0.15, 0.2) is 0 Å². The summed E-state index contributed by atoms with van der Waals surface area (Å²) in [5, 5.41) is 2.67. The molecule has 1 amide bonds. The summed E-state index contributed by atoms with van der Waals surface area (Å²) in [6.45, 7) is 0.456. The summed E-state index contributed by atoms with van der Waals surface area (Å²) in [7, 11) is -0.845. The number of halogens is 1. The average molecular weight is 275 g/mol. The number of benzene rings is 1. The minimum atomic E-state index is -0.845. The zero-order valence-corrected chi connectivity index (χ0v) is 11.1. The Kier molecular flexibility index (Phi) is 5.64. The van der Waals surface area contributed by atoms with Crippen LogP contribution < -0.4 is 5.32 Å². The summed E-state index contributed by atoms with van der Waals surface area (Å²) in [6, 6.07) is 3.99. The molecule has 6 heteroatoms. The molecule has 0 aliphatic rings. The first kappa shape index (κ1) is 14.2. The summed E-state index contributed by atoms with van der Waals surface area (Å²) in [6.07, 6.45) is 2.28. The van der Waals surface area contributed by atoms with Crippen molar-refractivity contribution in [3.8, 4) is 0 Å². The van der Waals surface area contributed by atoms with Crippen LogP contribution in [0.1, 0.15) is 16.8 Å². The normalized spacial score (nSPS) is 12.2. The van der Waals surface area contributed by atoms with Gasteiger partial charge in [0, 0.05) is 39.8 Å². The van der Waals surface area contributed by atoms with E-state index in [1.807, 2.05) is 0 Å². The monoisotopic (exact) mass is 275 g/mol. The van der Waals surface area contributed by atoms with E-state index in [2.05, 4.69) is 17.9 Å². The van der Waals surface area contributed by atoms with Crippen LogP contribution in [0.15, 0.2) is 23.1 Å². The van der Waals surface area contributed by atoms with Crippen LogP contribution in [0.3, 0.4) is 0 Å². The van der Waals surface area contributed by atoms with Gasteiger partial charge in [0.1, 0.15) is 5.82 Å². The lowest BCUT2D eigenvalue weighted by atomic mass is 10.2. The van der Waals surface area contributed by atoms with Crippen LogP contribution in [0.2, 0.25) is 0 Å². The lowest BCUT2D eigenvalue weighted by molar-refractivity contribution is 0.0953. The second-order valence-corrected chi connectivity index (χ2v) is 5.59. The Labute approximate surface area is 108 Å². The van der Waals surface area contributed by atoms with E-state index < -0.39 is 16.6 Å². The molecular weight excluding hydrogens is 261 g/mol. The highest BCUT2D eigenvalue weighted by Crippen LogP contribution is 2.13. The fourth-order valence-corrected chi connectivity index (χ4v) is 2.00. The van der Waals surface area contributed by atoms with Crippen LogP contribution in [0.25, 0.3) is 0 Å². The van der Waals surface area contributed by atoms with Gasteiger partial charge in [0.2, 0.25) is 0 Å². The van der Waals surface area contributed by atoms with E-state index in [1.54, 1.807) is 6.26 Å². The van der Waals surface area contributed by atoms with Crippen molar-refractivity contribution in [3.05, 3.63) is 29.6 Å². The first-order valence-electron chi connectivity index (χ1n) is 5.07. The Hall–Kier alpha value is -0.880. The molecule has 0 saturated carbocycles. The number of nitrogens with one attached hydrogen (secondary N) is 1. The molecule has 94 valence electrons. The van der Waals surface area contributed by atoms with Crippen LogP contribution in [-0.2, 0) is 10.8 Å². The zero-order chi connectivity index (χ0) is 12.8. The number of carbonyl (C=O) groups excluding carboxylic acids is 1. The molecule has 1 aromatic rings. The van der Waals surface area contributed by atoms with Gasteiger partial charge in [-0.05, 0) is 24.6 Å². The Bertz CT molecular complexity index is 437. The van der Waals surface area contributed by atoms with E-state index in [0.29, 0.717) is 24.3 Å². The molecule has 1 N–H and O–H groups in total. The third-order valence-corrected chi connectivity index (χ3v) is 3.31. The zero-order valence-electron chi connectivity index (χ0n) is 9.40. The van der Waals surface area contributed by atoms with Gasteiger partial charge in [-0.25, -0.2) is 4.39 Å². The summed E-state index contributed by atoms with van der Waals surface area (Å²) >= 11 is 3.90. The fourth-order valence-electron chi connectivity index (χ4n) is 1.23. The van der Waals surface area contributed by atoms with Crippen LogP contribution in [-0.4, -0.2) is 28.7 Å². The molecule has 1 unspecified atom stereocenters. The van der Waals surface area contributed by atoms with Crippen LogP contribution >= 0.6 is 12.6 Å². The molecule has 0 heterocycles. The smallest absolute Gasteiger partial charge is 0.251 e. The van der Waals surface area contributed by atoms with Gasteiger partial charge in [-0.15, -0.1) is 12.6 Å². The fraction of sp³-hybridized carbons (Fsp3) is 0.364. The topological polar surface area (TPSA) is 46.2 Å². The van der Waals surface area contributed by atoms with E-state index in [9.17, 15) is 13.4 Å². The molecule has 1 atom stereocenters. The highest BCUT2D eigenvalue weighted by atomic mass is 32.2. The molecule has 1 rings (SSSR count). The predicted octanol–water partition coefficient (Wildman–Crippen LogP) is 1.61. The second kappa shape index (κ2) is 6.76. The summed E-state index contributed by atoms with van der Waals surface area (Å²) in [4.78, 5) is 11.8. The van der Waals surface area contributed by atoms with Crippen molar-refractivity contribution in [1.82, 2.24) is 5.32 Å². The van der Waals surface area contributed by atoms with Gasteiger partial charge in [-0.1, -0.05) is 0 Å². The largest absolute Gasteiger partial charge is 0.352 e. The Balaban J connectivity index is 2.47. The van der Waals surface area contributed by atoms with E-state index >= 15 is 0 Å². The van der Waals surface area contributed by atoms with Crippen molar-refractivity contribution in [2.45, 2.75) is 11.3 Å². The van der Waals surface area contributed by atoms with E-state index in [-0.39, 0.29) is 10.8 Å². The van der Waals surface area contributed by atoms with E-state index in [1.165, 1.54) is 18.2 Å². The molecule has 0 fully saturated rings. The third-order valence-electron chi connectivity index (χ3n) is 2.10. The number of amides is 1. The van der Waals surface area contributed by atoms with Gasteiger partial charge >= 0.3 is 0 Å². The van der Waals surface area contributed by atoms with Gasteiger partial charge < -0.3 is 5.32 Å². The van der Waals surface area contributed by atoms with Gasteiger partial charge in [0.25, 0.3) is 5.91 Å². The molecule has 0 aliphatic heterocycles. The number of rotatable bonds is 5. The van der Waals surface area contributed by atoms with Crippen molar-refractivity contribution in [2.75, 3.05) is 18.6 Å². The second-order valence-electron chi connectivity index (χ2n) is 3.55. The molecule has 17 heavy (non-hydrogen) atoms. The maximum absolute atomic E-state index is 12.9. The number of carbonyl (C=O) groups is 1. The lowest BCUT2D eigenvalue weighted by Crippen LogP contribution is -2.25. The highest BCUT2D eigenvalue weighted by Gasteiger charge is 2.07. The molecular formula is C11H14FNO2S2. The van der Waals surface area contributed by atoms with Gasteiger partial charge in [-0.2, -0.15) is 0 Å².